The Kier molecular flexibility index (Phi) is 7.91. The number of aromatic hydroxyl groups is 1. The fraction of sp³-hybridized carbons (Fsp3) is 0. The molecule has 1 N–H and O–H groups in total. The number of hydrogen-bond donors (Lipinski definition) is 1. The van der Waals surface area contributed by atoms with E-state index in [-0.39, 0.29) is 83.6 Å². The van der Waals surface area contributed by atoms with Crippen LogP contribution in [0.3, 0.4) is 0 Å². The SMILES string of the molecule is O=C(c1c(Cl)cccc1Cl)P(=O)([O-])c1ccccc1-c1ccccc1O.[K+]. The van der Waals surface area contributed by atoms with Gasteiger partial charge in [0.05, 0.1) is 15.6 Å². The van der Waals surface area contributed by atoms with Crippen LogP contribution in [0.15, 0.2) is 66.7 Å². The van der Waals surface area contributed by atoms with Gasteiger partial charge >= 0.3 is 51.4 Å². The predicted octanol–water partition coefficient (Wildman–Crippen LogP) is 1.47. The molecule has 0 saturated carbocycles. The first-order valence-corrected chi connectivity index (χ1v) is 9.90. The summed E-state index contributed by atoms with van der Waals surface area (Å²) in [7, 11) is -4.80. The van der Waals surface area contributed by atoms with Crippen molar-refractivity contribution in [2.45, 2.75) is 0 Å². The molecule has 0 bridgehead atoms. The van der Waals surface area contributed by atoms with Crippen LogP contribution in [0.2, 0.25) is 10.0 Å². The van der Waals surface area contributed by atoms with Crippen LogP contribution in [0.1, 0.15) is 10.4 Å². The summed E-state index contributed by atoms with van der Waals surface area (Å²) in [6, 6.07) is 16.6. The van der Waals surface area contributed by atoms with Crippen LogP contribution in [0.25, 0.3) is 11.1 Å². The van der Waals surface area contributed by atoms with E-state index in [0.717, 1.165) is 0 Å². The molecule has 1 atom stereocenters. The summed E-state index contributed by atoms with van der Waals surface area (Å²) in [6.45, 7) is 0. The van der Waals surface area contributed by atoms with Crippen LogP contribution in [-0.2, 0) is 4.57 Å². The zero-order chi connectivity index (χ0) is 18.9. The third kappa shape index (κ3) is 4.59. The Balaban J connectivity index is 0.00000261. The third-order valence-corrected chi connectivity index (χ3v) is 6.27. The van der Waals surface area contributed by atoms with E-state index in [9.17, 15) is 19.4 Å². The molecule has 3 rings (SSSR count). The van der Waals surface area contributed by atoms with Gasteiger partial charge in [0.25, 0.3) is 0 Å². The molecule has 8 heteroatoms. The fourth-order valence-corrected chi connectivity index (χ4v) is 4.87. The van der Waals surface area contributed by atoms with Crippen LogP contribution in [0, 0.1) is 0 Å². The van der Waals surface area contributed by atoms with E-state index in [1.807, 2.05) is 0 Å². The Morgan fingerprint density at radius 2 is 1.37 bits per heavy atom. The van der Waals surface area contributed by atoms with Gasteiger partial charge in [-0.1, -0.05) is 71.7 Å². The van der Waals surface area contributed by atoms with Gasteiger partial charge in [-0.3, -0.25) is 4.79 Å². The minimum atomic E-state index is -4.80. The Labute approximate surface area is 209 Å². The summed E-state index contributed by atoms with van der Waals surface area (Å²) in [5.41, 5.74) is -0.907. The van der Waals surface area contributed by atoms with Gasteiger partial charge in [-0.25, -0.2) is 0 Å². The van der Waals surface area contributed by atoms with Gasteiger partial charge in [0.15, 0.2) is 0 Å². The number of phenols is 1. The molecule has 0 spiro atoms. The molecular formula is C19H12Cl2KO4P. The second-order valence-corrected chi connectivity index (χ2v) is 8.29. The zero-order valence-electron chi connectivity index (χ0n) is 14.2. The molecule has 3 aromatic carbocycles. The van der Waals surface area contributed by atoms with Gasteiger partial charge in [0, 0.05) is 10.9 Å². The molecular weight excluding hydrogens is 433 g/mol. The minimum absolute atomic E-state index is 0. The summed E-state index contributed by atoms with van der Waals surface area (Å²) in [6.07, 6.45) is 0. The zero-order valence-corrected chi connectivity index (χ0v) is 19.8. The Morgan fingerprint density at radius 1 is 0.852 bits per heavy atom. The first-order valence-electron chi connectivity index (χ1n) is 7.52. The van der Waals surface area contributed by atoms with Crippen molar-refractivity contribution in [1.82, 2.24) is 0 Å². The summed E-state index contributed by atoms with van der Waals surface area (Å²) in [5, 5.41) is 9.79. The maximum atomic E-state index is 13.0. The number of hydrogen-bond acceptors (Lipinski definition) is 4. The number of para-hydroxylation sites is 1. The van der Waals surface area contributed by atoms with E-state index in [1.165, 1.54) is 42.5 Å². The molecule has 0 aromatic heterocycles. The van der Waals surface area contributed by atoms with Gasteiger partial charge in [-0.05, 0) is 23.8 Å². The van der Waals surface area contributed by atoms with E-state index in [1.54, 1.807) is 24.3 Å². The molecule has 0 fully saturated rings. The number of benzene rings is 3. The summed E-state index contributed by atoms with van der Waals surface area (Å²) in [5.74, 6) is -0.0943. The van der Waals surface area contributed by atoms with E-state index >= 15 is 0 Å². The van der Waals surface area contributed by atoms with Crippen molar-refractivity contribution in [2.75, 3.05) is 0 Å². The number of phenolic OH excluding ortho intramolecular Hbond substituents is 1. The van der Waals surface area contributed by atoms with Crippen molar-refractivity contribution in [1.29, 1.82) is 0 Å². The van der Waals surface area contributed by atoms with Crippen molar-refractivity contribution in [3.63, 3.8) is 0 Å². The van der Waals surface area contributed by atoms with Crippen molar-refractivity contribution < 1.29 is 70.7 Å². The van der Waals surface area contributed by atoms with Gasteiger partial charge in [-0.15, -0.1) is 0 Å². The smallest absolute Gasteiger partial charge is 0.790 e. The first-order chi connectivity index (χ1) is 12.3. The Morgan fingerprint density at radius 3 is 1.96 bits per heavy atom. The molecule has 27 heavy (non-hydrogen) atoms. The van der Waals surface area contributed by atoms with Crippen LogP contribution < -0.4 is 61.6 Å². The molecule has 0 heterocycles. The molecule has 0 amide bonds. The maximum absolute atomic E-state index is 13.0. The van der Waals surface area contributed by atoms with Crippen LogP contribution in [-0.4, -0.2) is 10.6 Å². The average Bonchev–Trinajstić information content (AvgIpc) is 2.62. The number of carbonyl (C=O) groups excluding carboxylic acids is 1. The van der Waals surface area contributed by atoms with Crippen molar-refractivity contribution >= 4 is 41.4 Å². The van der Waals surface area contributed by atoms with E-state index in [0.29, 0.717) is 5.56 Å². The summed E-state index contributed by atoms with van der Waals surface area (Å²) < 4.78 is 13.0. The molecule has 4 nitrogen and oxygen atoms in total. The molecule has 1 unspecified atom stereocenters. The van der Waals surface area contributed by atoms with Crippen LogP contribution in [0.4, 0.5) is 0 Å². The predicted molar refractivity (Wildman–Crippen MR) is 102 cm³/mol. The maximum Gasteiger partial charge on any atom is 1.00 e. The molecule has 3 aromatic rings. The molecule has 0 aliphatic heterocycles. The van der Waals surface area contributed by atoms with Crippen LogP contribution in [0.5, 0.6) is 5.75 Å². The van der Waals surface area contributed by atoms with E-state index in [2.05, 4.69) is 0 Å². The second kappa shape index (κ2) is 9.36. The minimum Gasteiger partial charge on any atom is -0.790 e. The molecule has 0 aliphatic carbocycles. The number of rotatable bonds is 4. The second-order valence-electron chi connectivity index (χ2n) is 5.49. The van der Waals surface area contributed by atoms with E-state index < -0.39 is 12.9 Å². The third-order valence-electron chi connectivity index (χ3n) is 3.86. The molecule has 0 radical (unpaired) electrons. The van der Waals surface area contributed by atoms with Crippen molar-refractivity contribution in [2.24, 2.45) is 0 Å². The Hall–Kier alpha value is -0.464. The van der Waals surface area contributed by atoms with Crippen molar-refractivity contribution in [3.8, 4) is 16.9 Å². The summed E-state index contributed by atoms with van der Waals surface area (Å²) >= 11 is 12.0. The van der Waals surface area contributed by atoms with Gasteiger partial charge in [0.1, 0.15) is 13.1 Å². The monoisotopic (exact) mass is 444 g/mol. The average molecular weight is 445 g/mol. The normalized spacial score (nSPS) is 12.7. The van der Waals surface area contributed by atoms with Gasteiger partial charge < -0.3 is 14.6 Å². The Bertz CT molecular complexity index is 1040. The molecule has 0 aliphatic rings. The number of halogens is 2. The van der Waals surface area contributed by atoms with E-state index in [4.69, 9.17) is 23.2 Å². The number of carbonyl (C=O) groups is 1. The standard InChI is InChI=1S/C19H13Cl2O4P.K/c20-14-8-5-9-15(21)18(14)19(23)26(24,25)17-11-4-2-7-13(17)12-6-1-3-10-16(12)22;/h1-11,22H,(H,24,25);/q;+1/p-1. The van der Waals surface area contributed by atoms with Crippen LogP contribution >= 0.6 is 30.6 Å². The fourth-order valence-electron chi connectivity index (χ4n) is 2.62. The summed E-state index contributed by atoms with van der Waals surface area (Å²) in [4.78, 5) is 25.8. The van der Waals surface area contributed by atoms with Gasteiger partial charge in [-0.2, -0.15) is 0 Å². The topological polar surface area (TPSA) is 77.4 Å². The first kappa shape index (κ1) is 22.8. The quantitative estimate of drug-likeness (QED) is 0.488. The largest absolute Gasteiger partial charge is 1.00 e. The molecule has 132 valence electrons. The molecule has 0 saturated heterocycles. The van der Waals surface area contributed by atoms with Gasteiger partial charge in [0.2, 0.25) is 5.52 Å². The van der Waals surface area contributed by atoms with Crippen molar-refractivity contribution in [3.05, 3.63) is 82.3 Å².